The number of esters is 1. The van der Waals surface area contributed by atoms with Gasteiger partial charge in [-0.3, -0.25) is 0 Å². The molecule has 1 rings (SSSR count). The first-order chi connectivity index (χ1) is 7.61. The van der Waals surface area contributed by atoms with Gasteiger partial charge in [0, 0.05) is 0 Å². The third kappa shape index (κ3) is 2.40. The Morgan fingerprint density at radius 1 is 1.50 bits per heavy atom. The highest BCUT2D eigenvalue weighted by Gasteiger charge is 2.17. The van der Waals surface area contributed by atoms with E-state index in [1.54, 1.807) is 25.1 Å². The highest BCUT2D eigenvalue weighted by Crippen LogP contribution is 2.24. The molecule has 0 atom stereocenters. The minimum Gasteiger partial charge on any atom is -0.462 e. The van der Waals surface area contributed by atoms with Gasteiger partial charge in [-0.2, -0.15) is 5.26 Å². The van der Waals surface area contributed by atoms with Crippen molar-refractivity contribution in [1.82, 2.24) is 0 Å². The standard InChI is InChI=1S/C13H15NO2/c1-4-16-13(15)11-7-5-6-10(8-14)12(11)9(2)3/h5-7,9H,4H2,1-3H3. The average Bonchev–Trinajstić information content (AvgIpc) is 2.28. The van der Waals surface area contributed by atoms with E-state index in [2.05, 4.69) is 6.07 Å². The summed E-state index contributed by atoms with van der Waals surface area (Å²) in [5.74, 6) is -0.237. The molecule has 0 unspecified atom stereocenters. The van der Waals surface area contributed by atoms with E-state index in [0.29, 0.717) is 17.7 Å². The molecule has 0 aromatic heterocycles. The summed E-state index contributed by atoms with van der Waals surface area (Å²) in [4.78, 5) is 11.7. The maximum atomic E-state index is 11.7. The highest BCUT2D eigenvalue weighted by molar-refractivity contribution is 5.92. The Labute approximate surface area is 95.7 Å². The fourth-order valence-corrected chi connectivity index (χ4v) is 1.67. The third-order valence-electron chi connectivity index (χ3n) is 2.30. The molecular weight excluding hydrogens is 202 g/mol. The number of carbonyl (C=O) groups is 1. The summed E-state index contributed by atoms with van der Waals surface area (Å²) in [7, 11) is 0. The Morgan fingerprint density at radius 2 is 2.19 bits per heavy atom. The van der Waals surface area contributed by atoms with Crippen LogP contribution < -0.4 is 0 Å². The zero-order chi connectivity index (χ0) is 12.1. The minimum atomic E-state index is -0.358. The van der Waals surface area contributed by atoms with E-state index in [1.807, 2.05) is 13.8 Å². The van der Waals surface area contributed by atoms with E-state index in [1.165, 1.54) is 0 Å². The molecule has 0 fully saturated rings. The molecular formula is C13H15NO2. The van der Waals surface area contributed by atoms with Crippen molar-refractivity contribution in [2.45, 2.75) is 26.7 Å². The average molecular weight is 217 g/mol. The number of hydrogen-bond donors (Lipinski definition) is 0. The second-order valence-electron chi connectivity index (χ2n) is 3.75. The fourth-order valence-electron chi connectivity index (χ4n) is 1.67. The number of benzene rings is 1. The van der Waals surface area contributed by atoms with Crippen LogP contribution in [0.5, 0.6) is 0 Å². The van der Waals surface area contributed by atoms with Crippen LogP contribution in [-0.4, -0.2) is 12.6 Å². The van der Waals surface area contributed by atoms with Crippen molar-refractivity contribution >= 4 is 5.97 Å². The molecule has 0 saturated carbocycles. The predicted molar refractivity (Wildman–Crippen MR) is 61.2 cm³/mol. The summed E-state index contributed by atoms with van der Waals surface area (Å²) in [6.45, 7) is 6.02. The fraction of sp³-hybridized carbons (Fsp3) is 0.385. The van der Waals surface area contributed by atoms with Crippen LogP contribution in [0.25, 0.3) is 0 Å². The zero-order valence-corrected chi connectivity index (χ0v) is 9.78. The van der Waals surface area contributed by atoms with Gasteiger partial charge in [0.05, 0.1) is 23.8 Å². The van der Waals surface area contributed by atoms with Crippen molar-refractivity contribution in [3.05, 3.63) is 34.9 Å². The molecule has 0 aliphatic carbocycles. The SMILES string of the molecule is CCOC(=O)c1cccc(C#N)c1C(C)C. The zero-order valence-electron chi connectivity index (χ0n) is 9.78. The van der Waals surface area contributed by atoms with Crippen LogP contribution in [0, 0.1) is 11.3 Å². The van der Waals surface area contributed by atoms with Gasteiger partial charge >= 0.3 is 5.97 Å². The summed E-state index contributed by atoms with van der Waals surface area (Å²) in [5, 5.41) is 9.00. The van der Waals surface area contributed by atoms with Crippen molar-refractivity contribution in [3.63, 3.8) is 0 Å². The van der Waals surface area contributed by atoms with Crippen LogP contribution in [0.15, 0.2) is 18.2 Å². The maximum absolute atomic E-state index is 11.7. The monoisotopic (exact) mass is 217 g/mol. The molecule has 0 spiro atoms. The summed E-state index contributed by atoms with van der Waals surface area (Å²) in [6, 6.07) is 7.23. The van der Waals surface area contributed by atoms with Gasteiger partial charge < -0.3 is 4.74 Å². The van der Waals surface area contributed by atoms with E-state index < -0.39 is 0 Å². The first kappa shape index (κ1) is 12.3. The van der Waals surface area contributed by atoms with E-state index in [9.17, 15) is 4.79 Å². The lowest BCUT2D eigenvalue weighted by Crippen LogP contribution is -2.10. The van der Waals surface area contributed by atoms with Crippen molar-refractivity contribution in [1.29, 1.82) is 5.26 Å². The van der Waals surface area contributed by atoms with Crippen LogP contribution in [-0.2, 0) is 4.74 Å². The summed E-state index contributed by atoms with van der Waals surface area (Å²) >= 11 is 0. The second-order valence-corrected chi connectivity index (χ2v) is 3.75. The van der Waals surface area contributed by atoms with Gasteiger partial charge in [0.15, 0.2) is 0 Å². The molecule has 0 bridgehead atoms. The van der Waals surface area contributed by atoms with Crippen LogP contribution in [0.1, 0.15) is 48.2 Å². The molecule has 0 aliphatic heterocycles. The van der Waals surface area contributed by atoms with Gasteiger partial charge in [0.1, 0.15) is 0 Å². The summed E-state index contributed by atoms with van der Waals surface area (Å²) < 4.78 is 4.97. The van der Waals surface area contributed by atoms with E-state index in [0.717, 1.165) is 5.56 Å². The number of rotatable bonds is 3. The lowest BCUT2D eigenvalue weighted by Gasteiger charge is -2.13. The molecule has 0 radical (unpaired) electrons. The second kappa shape index (κ2) is 5.32. The number of carbonyl (C=O) groups excluding carboxylic acids is 1. The Morgan fingerprint density at radius 3 is 2.69 bits per heavy atom. The molecule has 3 heteroatoms. The van der Waals surface area contributed by atoms with Crippen LogP contribution >= 0.6 is 0 Å². The molecule has 1 aromatic rings. The Balaban J connectivity index is 3.29. The number of hydrogen-bond acceptors (Lipinski definition) is 3. The van der Waals surface area contributed by atoms with Gasteiger partial charge in [0.25, 0.3) is 0 Å². The Bertz CT molecular complexity index is 430. The van der Waals surface area contributed by atoms with Crippen molar-refractivity contribution < 1.29 is 9.53 Å². The predicted octanol–water partition coefficient (Wildman–Crippen LogP) is 2.86. The normalized spacial score (nSPS) is 9.94. The quantitative estimate of drug-likeness (QED) is 0.731. The smallest absolute Gasteiger partial charge is 0.338 e. The molecule has 16 heavy (non-hydrogen) atoms. The number of nitriles is 1. The Hall–Kier alpha value is -1.82. The lowest BCUT2D eigenvalue weighted by atomic mass is 9.92. The lowest BCUT2D eigenvalue weighted by molar-refractivity contribution is 0.0524. The van der Waals surface area contributed by atoms with E-state index in [-0.39, 0.29) is 11.9 Å². The van der Waals surface area contributed by atoms with E-state index in [4.69, 9.17) is 10.00 Å². The molecule has 0 amide bonds. The van der Waals surface area contributed by atoms with Gasteiger partial charge in [-0.1, -0.05) is 19.9 Å². The van der Waals surface area contributed by atoms with Crippen molar-refractivity contribution in [2.24, 2.45) is 0 Å². The largest absolute Gasteiger partial charge is 0.462 e. The van der Waals surface area contributed by atoms with Gasteiger partial charge in [-0.25, -0.2) is 4.79 Å². The van der Waals surface area contributed by atoms with Crippen molar-refractivity contribution in [2.75, 3.05) is 6.61 Å². The highest BCUT2D eigenvalue weighted by atomic mass is 16.5. The molecule has 0 N–H and O–H groups in total. The minimum absolute atomic E-state index is 0.121. The molecule has 0 saturated heterocycles. The number of ether oxygens (including phenoxy) is 1. The van der Waals surface area contributed by atoms with Gasteiger partial charge in [0.2, 0.25) is 0 Å². The summed E-state index contributed by atoms with van der Waals surface area (Å²) in [5.41, 5.74) is 1.81. The number of nitrogens with zero attached hydrogens (tertiary/aromatic N) is 1. The molecule has 1 aromatic carbocycles. The van der Waals surface area contributed by atoms with Crippen LogP contribution in [0.2, 0.25) is 0 Å². The first-order valence-electron chi connectivity index (χ1n) is 5.32. The van der Waals surface area contributed by atoms with Gasteiger partial charge in [-0.15, -0.1) is 0 Å². The Kier molecular flexibility index (Phi) is 4.07. The molecule has 84 valence electrons. The molecule has 0 aliphatic rings. The maximum Gasteiger partial charge on any atom is 0.338 e. The van der Waals surface area contributed by atoms with Crippen LogP contribution in [0.4, 0.5) is 0 Å². The topological polar surface area (TPSA) is 50.1 Å². The van der Waals surface area contributed by atoms with Crippen molar-refractivity contribution in [3.8, 4) is 6.07 Å². The van der Waals surface area contributed by atoms with Gasteiger partial charge in [-0.05, 0) is 30.5 Å². The molecule has 0 heterocycles. The first-order valence-corrected chi connectivity index (χ1v) is 5.32. The van der Waals surface area contributed by atoms with Crippen LogP contribution in [0.3, 0.4) is 0 Å². The molecule has 3 nitrogen and oxygen atoms in total. The van der Waals surface area contributed by atoms with E-state index >= 15 is 0 Å². The third-order valence-corrected chi connectivity index (χ3v) is 2.30. The summed E-state index contributed by atoms with van der Waals surface area (Å²) in [6.07, 6.45) is 0.